The molecule has 13 nitrogen and oxygen atoms in total. The molecule has 0 fully saturated rings. The lowest BCUT2D eigenvalue weighted by molar-refractivity contribution is -0.117. The summed E-state index contributed by atoms with van der Waals surface area (Å²) in [4.78, 5) is 31.8. The van der Waals surface area contributed by atoms with Gasteiger partial charge >= 0.3 is 6.09 Å². The zero-order valence-corrected chi connectivity index (χ0v) is 28.2. The number of aromatic nitrogens is 1. The van der Waals surface area contributed by atoms with E-state index >= 15 is 4.39 Å². The monoisotopic (exact) mass is 743 g/mol. The van der Waals surface area contributed by atoms with Crippen LogP contribution in [-0.4, -0.2) is 54.8 Å². The number of aliphatic hydroxyl groups excluding tert-OH is 1. The molecular formula is C34H33F4N7O6S. The Morgan fingerprint density at radius 1 is 0.981 bits per heavy atom. The lowest BCUT2D eigenvalue weighted by Gasteiger charge is -2.26. The molecule has 18 heteroatoms. The summed E-state index contributed by atoms with van der Waals surface area (Å²) in [5.41, 5.74) is 14.2. The van der Waals surface area contributed by atoms with Gasteiger partial charge in [-0.3, -0.25) is 9.78 Å². The Kier molecular flexibility index (Phi) is 13.3. The third-order valence-electron chi connectivity index (χ3n) is 7.94. The molecule has 0 spiro atoms. The van der Waals surface area contributed by atoms with Gasteiger partial charge < -0.3 is 20.9 Å². The highest BCUT2D eigenvalue weighted by atomic mass is 32.2. The number of pyridine rings is 1. The maximum absolute atomic E-state index is 15.4. The van der Waals surface area contributed by atoms with Gasteiger partial charge in [-0.2, -0.15) is 0 Å². The number of nitrogens with zero attached hydrogens (tertiary/aromatic N) is 4. The van der Waals surface area contributed by atoms with Crippen LogP contribution in [0.4, 0.5) is 28.0 Å². The Morgan fingerprint density at radius 2 is 1.63 bits per heavy atom. The summed E-state index contributed by atoms with van der Waals surface area (Å²) < 4.78 is 91.9. The van der Waals surface area contributed by atoms with Gasteiger partial charge in [-0.05, 0) is 72.8 Å². The van der Waals surface area contributed by atoms with Crippen LogP contribution in [0.15, 0.2) is 95.2 Å². The zero-order valence-electron chi connectivity index (χ0n) is 27.4. The van der Waals surface area contributed by atoms with Crippen molar-refractivity contribution in [2.75, 3.05) is 5.32 Å². The van der Waals surface area contributed by atoms with E-state index in [0.29, 0.717) is 6.07 Å². The molecule has 0 saturated carbocycles. The quantitative estimate of drug-likeness (QED) is 0.0493. The van der Waals surface area contributed by atoms with E-state index in [4.69, 9.17) is 10.5 Å². The van der Waals surface area contributed by atoms with Crippen molar-refractivity contribution in [3.8, 4) is 0 Å². The summed E-state index contributed by atoms with van der Waals surface area (Å²) >= 11 is 0. The van der Waals surface area contributed by atoms with Crippen molar-refractivity contribution < 1.29 is 45.4 Å². The first-order valence-electron chi connectivity index (χ1n) is 15.6. The van der Waals surface area contributed by atoms with E-state index in [9.17, 15) is 41.8 Å². The average Bonchev–Trinajstić information content (AvgIpc) is 3.07. The van der Waals surface area contributed by atoms with Crippen molar-refractivity contribution in [3.63, 3.8) is 0 Å². The van der Waals surface area contributed by atoms with Crippen molar-refractivity contribution in [3.05, 3.63) is 136 Å². The number of sulfonamides is 1. The average molecular weight is 744 g/mol. The van der Waals surface area contributed by atoms with Gasteiger partial charge in [0.1, 0.15) is 35.4 Å². The summed E-state index contributed by atoms with van der Waals surface area (Å²) in [6, 6.07) is 11.4. The number of aliphatic hydroxyl groups is 1. The van der Waals surface area contributed by atoms with Gasteiger partial charge in [-0.1, -0.05) is 35.4 Å². The Hall–Kier alpha value is -5.55. The van der Waals surface area contributed by atoms with Gasteiger partial charge in [0.15, 0.2) is 0 Å². The van der Waals surface area contributed by atoms with E-state index in [2.05, 4.69) is 25.0 Å². The van der Waals surface area contributed by atoms with E-state index in [1.54, 1.807) is 6.07 Å². The van der Waals surface area contributed by atoms with Crippen LogP contribution in [0.25, 0.3) is 10.4 Å². The number of carbonyl (C=O) groups is 2. The molecule has 5 atom stereocenters. The van der Waals surface area contributed by atoms with Crippen LogP contribution in [0.3, 0.4) is 0 Å². The molecule has 0 aliphatic carbocycles. The fourth-order valence-electron chi connectivity index (χ4n) is 5.54. The minimum absolute atomic E-state index is 0.106. The highest BCUT2D eigenvalue weighted by molar-refractivity contribution is 7.89. The van der Waals surface area contributed by atoms with E-state index in [0.717, 1.165) is 36.7 Å². The van der Waals surface area contributed by atoms with Crippen LogP contribution in [0.2, 0.25) is 0 Å². The zero-order chi connectivity index (χ0) is 38.0. The van der Waals surface area contributed by atoms with Gasteiger partial charge in [0.05, 0.1) is 29.1 Å². The second kappa shape index (κ2) is 17.6. The lowest BCUT2D eigenvalue weighted by atomic mass is 9.84. The number of primary amides is 1. The van der Waals surface area contributed by atoms with Crippen LogP contribution in [0.5, 0.6) is 0 Å². The minimum atomic E-state index is -4.19. The van der Waals surface area contributed by atoms with Gasteiger partial charge in [0.2, 0.25) is 15.9 Å². The van der Waals surface area contributed by atoms with Crippen LogP contribution in [-0.2, 0) is 26.0 Å². The Morgan fingerprint density at radius 3 is 2.23 bits per heavy atom. The van der Waals surface area contributed by atoms with E-state index in [-0.39, 0.29) is 46.5 Å². The first-order valence-corrected chi connectivity index (χ1v) is 17.1. The van der Waals surface area contributed by atoms with Crippen LogP contribution >= 0.6 is 0 Å². The standard InChI is InChI=1S/C34H33F4N7O6S/c1-19(46)30(51-34(39)48)16-25(44-52(49,50)26-5-3-2-4-6-26)11-12-27-28(38)17-41-18-29(27)42-33(47)32(43-45-40)31(20-7-9-22(35)10-8-20)21-13-23(36)15-24(37)14-21/h2-10,13-15,17-19,25,30-32,44,46H,11-12,16H2,1H3,(H2,39,48)(H,42,47)/t19?,25-,30-,31-,32-/m0/s1. The lowest BCUT2D eigenvalue weighted by Crippen LogP contribution is -2.42. The largest absolute Gasteiger partial charge is 0.444 e. The number of hydrogen-bond donors (Lipinski definition) is 4. The summed E-state index contributed by atoms with van der Waals surface area (Å²) in [5.74, 6) is -6.00. The molecule has 3 aromatic carbocycles. The predicted octanol–water partition coefficient (Wildman–Crippen LogP) is 5.60. The predicted molar refractivity (Wildman–Crippen MR) is 180 cm³/mol. The molecule has 0 bridgehead atoms. The molecule has 0 aliphatic rings. The van der Waals surface area contributed by atoms with Gasteiger partial charge in [0, 0.05) is 34.9 Å². The number of halogens is 4. The van der Waals surface area contributed by atoms with Gasteiger partial charge in [-0.25, -0.2) is 35.5 Å². The number of nitrogens with two attached hydrogens (primary N) is 1. The number of nitrogens with one attached hydrogen (secondary N) is 2. The number of hydrogen-bond acceptors (Lipinski definition) is 8. The second-order valence-corrected chi connectivity index (χ2v) is 13.4. The van der Waals surface area contributed by atoms with E-state index in [1.807, 2.05) is 0 Å². The summed E-state index contributed by atoms with van der Waals surface area (Å²) in [6.07, 6.45) is -2.65. The molecule has 0 radical (unpaired) electrons. The van der Waals surface area contributed by atoms with Crippen molar-refractivity contribution >= 4 is 27.7 Å². The molecule has 274 valence electrons. The molecule has 0 aliphatic heterocycles. The third kappa shape index (κ3) is 10.5. The number of rotatable bonds is 16. The molecule has 1 heterocycles. The van der Waals surface area contributed by atoms with Crippen molar-refractivity contribution in [2.45, 2.75) is 61.3 Å². The van der Waals surface area contributed by atoms with Crippen LogP contribution in [0, 0.1) is 23.3 Å². The Bertz CT molecular complexity index is 2020. The number of anilines is 1. The van der Waals surface area contributed by atoms with Crippen molar-refractivity contribution in [1.29, 1.82) is 0 Å². The Balaban J connectivity index is 1.68. The number of azide groups is 1. The number of amides is 2. The SMILES string of the molecule is CC(O)[C@H](C[C@H](CCc1c(F)cncc1NC(=O)[C@@H](N=[N+]=[N-])[C@@H](c1ccc(F)cc1)c1cc(F)cc(F)c1)NS(=O)(=O)c1ccccc1)OC(N)=O. The fourth-order valence-corrected chi connectivity index (χ4v) is 6.85. The maximum atomic E-state index is 15.4. The van der Waals surface area contributed by atoms with Crippen molar-refractivity contribution in [1.82, 2.24) is 9.71 Å². The Labute approximate surface area is 295 Å². The second-order valence-electron chi connectivity index (χ2n) is 11.6. The van der Waals surface area contributed by atoms with Gasteiger partial charge in [-0.15, -0.1) is 0 Å². The molecule has 4 aromatic rings. The molecule has 1 unspecified atom stereocenters. The topological polar surface area (TPSA) is 209 Å². The van der Waals surface area contributed by atoms with E-state index in [1.165, 1.54) is 43.3 Å². The number of benzene rings is 3. The molecule has 0 saturated heterocycles. The number of ether oxygens (including phenoxy) is 1. The van der Waals surface area contributed by atoms with Gasteiger partial charge in [0.25, 0.3) is 0 Å². The first kappa shape index (κ1) is 39.2. The highest BCUT2D eigenvalue weighted by Gasteiger charge is 2.33. The van der Waals surface area contributed by atoms with Crippen LogP contribution < -0.4 is 15.8 Å². The molecular weight excluding hydrogens is 710 g/mol. The first-order chi connectivity index (χ1) is 24.7. The van der Waals surface area contributed by atoms with Crippen LogP contribution in [0.1, 0.15) is 42.4 Å². The summed E-state index contributed by atoms with van der Waals surface area (Å²) in [5, 5.41) is 16.3. The molecule has 5 N–H and O–H groups in total. The molecule has 52 heavy (non-hydrogen) atoms. The summed E-state index contributed by atoms with van der Waals surface area (Å²) in [7, 11) is -4.19. The molecule has 2 amide bonds. The minimum Gasteiger partial charge on any atom is -0.444 e. The normalized spacial score (nSPS) is 14.3. The smallest absolute Gasteiger partial charge is 0.404 e. The number of carbonyl (C=O) groups excluding carboxylic acids is 2. The summed E-state index contributed by atoms with van der Waals surface area (Å²) in [6.45, 7) is 1.30. The fraction of sp³-hybridized carbons (Fsp3) is 0.265. The molecule has 4 rings (SSSR count). The molecule has 1 aromatic heterocycles. The van der Waals surface area contributed by atoms with Crippen molar-refractivity contribution in [2.24, 2.45) is 10.8 Å². The maximum Gasteiger partial charge on any atom is 0.404 e. The highest BCUT2D eigenvalue weighted by Crippen LogP contribution is 2.33. The third-order valence-corrected chi connectivity index (χ3v) is 9.47. The van der Waals surface area contributed by atoms with E-state index < -0.39 is 75.5 Å².